The fraction of sp³-hybridized carbons (Fsp3) is 0.250. The number of carbonyl (C=O) groups is 2. The van der Waals surface area contributed by atoms with Crippen LogP contribution in [0, 0.1) is 0 Å². The average Bonchev–Trinajstić information content (AvgIpc) is 3.19. The molecule has 0 saturated heterocycles. The molecule has 0 spiro atoms. The third kappa shape index (κ3) is 6.55. The van der Waals surface area contributed by atoms with Crippen LogP contribution in [-0.4, -0.2) is 32.3 Å². The first-order valence-electron chi connectivity index (χ1n) is 10.3. The summed E-state index contributed by atoms with van der Waals surface area (Å²) in [4.78, 5) is 24.4. The van der Waals surface area contributed by atoms with Gasteiger partial charge < -0.3 is 0 Å². The van der Waals surface area contributed by atoms with Crippen LogP contribution in [-0.2, 0) is 16.8 Å². The highest BCUT2D eigenvalue weighted by Crippen LogP contribution is 2.27. The molecule has 172 valence electrons. The molecule has 0 aliphatic rings. The molecule has 3 rings (SSSR count). The molecule has 7 nitrogen and oxygen atoms in total. The lowest BCUT2D eigenvalue weighted by atomic mass is 9.87. The van der Waals surface area contributed by atoms with E-state index < -0.39 is 5.91 Å². The number of hydrogen-bond acceptors (Lipinski definition) is 5. The number of nitrogens with one attached hydrogen (secondary N) is 2. The first-order valence-corrected chi connectivity index (χ1v) is 12.1. The molecule has 0 bridgehead atoms. The second-order valence-corrected chi connectivity index (χ2v) is 10.2. The molecule has 0 fully saturated rings. The Morgan fingerprint density at radius 3 is 2.33 bits per heavy atom. The number of allylic oxidation sites excluding steroid dienone is 1. The molecule has 0 unspecified atom stereocenters. The summed E-state index contributed by atoms with van der Waals surface area (Å²) in [6, 6.07) is 15.1. The summed E-state index contributed by atoms with van der Waals surface area (Å²) in [6.07, 6.45) is 1.76. The highest BCUT2D eigenvalue weighted by molar-refractivity contribution is 9.10. The summed E-state index contributed by atoms with van der Waals surface area (Å²) in [5, 5.41) is 9.19. The van der Waals surface area contributed by atoms with E-state index in [2.05, 4.69) is 76.5 Å². The number of hydrazine groups is 1. The maximum atomic E-state index is 12.3. The number of amides is 2. The Labute approximate surface area is 206 Å². The largest absolute Gasteiger partial charge is 0.298 e. The zero-order chi connectivity index (χ0) is 24.0. The number of rotatable bonds is 7. The van der Waals surface area contributed by atoms with E-state index >= 15 is 0 Å². The van der Waals surface area contributed by atoms with Gasteiger partial charge in [-0.3, -0.25) is 25.0 Å². The van der Waals surface area contributed by atoms with Crippen LogP contribution in [0.4, 0.5) is 0 Å². The minimum atomic E-state index is -0.392. The minimum Gasteiger partial charge on any atom is -0.298 e. The van der Waals surface area contributed by atoms with Crippen LogP contribution in [0.25, 0.3) is 11.4 Å². The van der Waals surface area contributed by atoms with Gasteiger partial charge in [-0.2, -0.15) is 0 Å². The van der Waals surface area contributed by atoms with Crippen molar-refractivity contribution >= 4 is 39.5 Å². The maximum absolute atomic E-state index is 12.3. The minimum absolute atomic E-state index is 0.0640. The second kappa shape index (κ2) is 10.8. The van der Waals surface area contributed by atoms with E-state index in [1.165, 1.54) is 17.3 Å². The van der Waals surface area contributed by atoms with Gasteiger partial charge in [0.25, 0.3) is 5.91 Å². The number of thioether (sulfide) groups is 1. The van der Waals surface area contributed by atoms with E-state index in [0.717, 1.165) is 10.0 Å². The summed E-state index contributed by atoms with van der Waals surface area (Å²) >= 11 is 4.56. The van der Waals surface area contributed by atoms with E-state index in [0.29, 0.717) is 23.1 Å². The maximum Gasteiger partial charge on any atom is 0.269 e. The van der Waals surface area contributed by atoms with Gasteiger partial charge in [-0.1, -0.05) is 78.8 Å². The Hall–Kier alpha value is -2.91. The van der Waals surface area contributed by atoms with Crippen LogP contribution in [0.15, 0.2) is 70.8 Å². The molecule has 33 heavy (non-hydrogen) atoms. The first kappa shape index (κ1) is 24.7. The van der Waals surface area contributed by atoms with Crippen molar-refractivity contribution in [1.82, 2.24) is 25.6 Å². The Bertz CT molecular complexity index is 1140. The van der Waals surface area contributed by atoms with Crippen LogP contribution in [0.5, 0.6) is 0 Å². The van der Waals surface area contributed by atoms with Crippen molar-refractivity contribution in [3.05, 3.63) is 76.8 Å². The Balaban J connectivity index is 1.63. The molecule has 0 aliphatic heterocycles. The summed E-state index contributed by atoms with van der Waals surface area (Å²) in [6.45, 7) is 10.8. The van der Waals surface area contributed by atoms with E-state index in [-0.39, 0.29) is 17.1 Å². The second-order valence-electron chi connectivity index (χ2n) is 8.33. The molecule has 1 aromatic heterocycles. The van der Waals surface area contributed by atoms with E-state index in [4.69, 9.17) is 0 Å². The van der Waals surface area contributed by atoms with Crippen molar-refractivity contribution in [3.63, 3.8) is 0 Å². The number of hydrogen-bond donors (Lipinski definition) is 2. The highest BCUT2D eigenvalue weighted by atomic mass is 79.9. The molecule has 0 radical (unpaired) electrons. The number of aromatic nitrogens is 3. The van der Waals surface area contributed by atoms with Crippen LogP contribution >= 0.6 is 27.7 Å². The number of benzene rings is 2. The highest BCUT2D eigenvalue weighted by Gasteiger charge is 2.17. The monoisotopic (exact) mass is 527 g/mol. The average molecular weight is 528 g/mol. The fourth-order valence-corrected chi connectivity index (χ4v) is 4.00. The van der Waals surface area contributed by atoms with Gasteiger partial charge in [0, 0.05) is 22.1 Å². The lowest BCUT2D eigenvalue weighted by Gasteiger charge is -2.19. The summed E-state index contributed by atoms with van der Waals surface area (Å²) in [7, 11) is 0. The zero-order valence-corrected chi connectivity index (χ0v) is 21.2. The van der Waals surface area contributed by atoms with Gasteiger partial charge >= 0.3 is 0 Å². The van der Waals surface area contributed by atoms with Crippen molar-refractivity contribution in [2.24, 2.45) is 0 Å². The third-order valence-corrected chi connectivity index (χ3v) is 6.29. The molecule has 1 heterocycles. The number of halogens is 1. The van der Waals surface area contributed by atoms with E-state index in [1.807, 2.05) is 16.7 Å². The topological polar surface area (TPSA) is 88.9 Å². The summed E-state index contributed by atoms with van der Waals surface area (Å²) < 4.78 is 2.78. The standard InChI is InChI=1S/C24H26BrN5O2S/c1-5-14-30-21(16-6-10-18(11-7-16)24(2,3)4)27-29-23(30)33-15-20(31)26-28-22(32)17-8-12-19(25)13-9-17/h5-13H,1,14-15H2,2-4H3,(H,26,31)(H,28,32). The van der Waals surface area contributed by atoms with Crippen LogP contribution < -0.4 is 10.9 Å². The molecule has 9 heteroatoms. The van der Waals surface area contributed by atoms with Gasteiger partial charge in [-0.05, 0) is 35.2 Å². The Kier molecular flexibility index (Phi) is 8.10. The quantitative estimate of drug-likeness (QED) is 0.263. The van der Waals surface area contributed by atoms with Crippen molar-refractivity contribution in [1.29, 1.82) is 0 Å². The zero-order valence-electron chi connectivity index (χ0n) is 18.8. The smallest absolute Gasteiger partial charge is 0.269 e. The van der Waals surface area contributed by atoms with Gasteiger partial charge in [0.1, 0.15) is 0 Å². The first-order chi connectivity index (χ1) is 15.7. The third-order valence-electron chi connectivity index (χ3n) is 4.79. The number of carbonyl (C=O) groups excluding carboxylic acids is 2. The van der Waals surface area contributed by atoms with Gasteiger partial charge in [0.05, 0.1) is 5.75 Å². The predicted molar refractivity (Wildman–Crippen MR) is 135 cm³/mol. The predicted octanol–water partition coefficient (Wildman–Crippen LogP) is 4.74. The van der Waals surface area contributed by atoms with Gasteiger partial charge in [-0.15, -0.1) is 16.8 Å². The Morgan fingerprint density at radius 1 is 1.06 bits per heavy atom. The molecule has 2 N–H and O–H groups in total. The van der Waals surface area contributed by atoms with Gasteiger partial charge in [-0.25, -0.2) is 0 Å². The van der Waals surface area contributed by atoms with E-state index in [1.54, 1.807) is 30.3 Å². The SMILES string of the molecule is C=CCn1c(SCC(=O)NNC(=O)c2ccc(Br)cc2)nnc1-c1ccc(C(C)(C)C)cc1. The molecule has 2 aromatic carbocycles. The molecule has 0 aliphatic carbocycles. The normalized spacial score (nSPS) is 11.2. The van der Waals surface area contributed by atoms with E-state index in [9.17, 15) is 9.59 Å². The van der Waals surface area contributed by atoms with Gasteiger partial charge in [0.15, 0.2) is 11.0 Å². The van der Waals surface area contributed by atoms with Crippen molar-refractivity contribution in [2.75, 3.05) is 5.75 Å². The number of nitrogens with zero attached hydrogens (tertiary/aromatic N) is 3. The molecular formula is C24H26BrN5O2S. The molecule has 0 saturated carbocycles. The summed E-state index contributed by atoms with van der Waals surface area (Å²) in [5.41, 5.74) is 7.53. The van der Waals surface area contributed by atoms with Crippen molar-refractivity contribution in [2.45, 2.75) is 37.9 Å². The molecular weight excluding hydrogens is 502 g/mol. The van der Waals surface area contributed by atoms with Gasteiger partial charge in [0.2, 0.25) is 5.91 Å². The lowest BCUT2D eigenvalue weighted by molar-refractivity contribution is -0.119. The van der Waals surface area contributed by atoms with Crippen LogP contribution in [0.3, 0.4) is 0 Å². The van der Waals surface area contributed by atoms with Crippen molar-refractivity contribution in [3.8, 4) is 11.4 Å². The Morgan fingerprint density at radius 2 is 1.73 bits per heavy atom. The fourth-order valence-electron chi connectivity index (χ4n) is 2.99. The lowest BCUT2D eigenvalue weighted by Crippen LogP contribution is -2.42. The van der Waals surface area contributed by atoms with Crippen molar-refractivity contribution < 1.29 is 9.59 Å². The summed E-state index contributed by atoms with van der Waals surface area (Å²) in [5.74, 6) is 0.0342. The molecule has 3 aromatic rings. The van der Waals surface area contributed by atoms with Crippen LogP contribution in [0.2, 0.25) is 0 Å². The van der Waals surface area contributed by atoms with Crippen LogP contribution in [0.1, 0.15) is 36.7 Å². The molecule has 2 amide bonds. The molecule has 0 atom stereocenters.